The molecular weight excluding hydrogens is 347 g/mol. The second kappa shape index (κ2) is 6.23. The van der Waals surface area contributed by atoms with Gasteiger partial charge in [-0.25, -0.2) is 4.39 Å². The van der Waals surface area contributed by atoms with Crippen molar-refractivity contribution < 1.29 is 9.31 Å². The van der Waals surface area contributed by atoms with Crippen molar-refractivity contribution in [2.75, 3.05) is 5.73 Å². The summed E-state index contributed by atoms with van der Waals surface area (Å²) in [6, 6.07) is 9.00. The number of halogens is 2. The number of anilines is 1. The van der Waals surface area contributed by atoms with Crippen molar-refractivity contribution in [2.24, 2.45) is 0 Å². The Balaban J connectivity index is 2.18. The lowest BCUT2D eigenvalue weighted by Crippen LogP contribution is -1.93. The van der Waals surface area contributed by atoms with E-state index in [9.17, 15) is 14.5 Å². The highest BCUT2D eigenvalue weighted by atomic mass is 79.9. The predicted octanol–water partition coefficient (Wildman–Crippen LogP) is 4.37. The molecule has 0 radical (unpaired) electrons. The van der Waals surface area contributed by atoms with E-state index in [2.05, 4.69) is 15.9 Å². The number of hydrogen-bond donors (Lipinski definition) is 1. The molecule has 20 heavy (non-hydrogen) atoms. The molecular formula is C13H10BrFN2O2S. The first-order chi connectivity index (χ1) is 9.45. The summed E-state index contributed by atoms with van der Waals surface area (Å²) in [5, 5.41) is 10.7. The third-order valence-corrected chi connectivity index (χ3v) is 4.16. The Morgan fingerprint density at radius 1 is 1.30 bits per heavy atom. The number of rotatable bonds is 4. The maximum Gasteiger partial charge on any atom is 0.272 e. The zero-order valence-electron chi connectivity index (χ0n) is 10.2. The van der Waals surface area contributed by atoms with Gasteiger partial charge in [-0.3, -0.25) is 10.1 Å². The summed E-state index contributed by atoms with van der Waals surface area (Å²) in [4.78, 5) is 10.9. The number of nitrogens with zero attached hydrogens (tertiary/aromatic N) is 1. The standard InChI is InChI=1S/C13H10BrFN2O2S/c14-9-1-2-12(16)13(5-9)20-7-8-3-10(15)6-11(4-8)17(18)19/h1-6H,7,16H2. The number of hydrogen-bond acceptors (Lipinski definition) is 4. The third-order valence-electron chi connectivity index (χ3n) is 2.52. The molecule has 0 saturated heterocycles. The van der Waals surface area contributed by atoms with Crippen molar-refractivity contribution in [3.63, 3.8) is 0 Å². The number of benzene rings is 2. The monoisotopic (exact) mass is 356 g/mol. The molecule has 0 bridgehead atoms. The maximum atomic E-state index is 13.3. The molecule has 2 aromatic rings. The molecule has 0 spiro atoms. The molecule has 104 valence electrons. The minimum atomic E-state index is -0.614. The summed E-state index contributed by atoms with van der Waals surface area (Å²) in [5.41, 5.74) is 6.75. The van der Waals surface area contributed by atoms with E-state index in [0.717, 1.165) is 15.4 Å². The van der Waals surface area contributed by atoms with Crippen LogP contribution >= 0.6 is 27.7 Å². The lowest BCUT2D eigenvalue weighted by atomic mass is 10.2. The number of nitrogen functional groups attached to an aromatic ring is 1. The number of thioether (sulfide) groups is 1. The molecule has 4 nitrogen and oxygen atoms in total. The molecule has 2 rings (SSSR count). The quantitative estimate of drug-likeness (QED) is 0.382. The van der Waals surface area contributed by atoms with E-state index in [0.29, 0.717) is 17.0 Å². The highest BCUT2D eigenvalue weighted by Crippen LogP contribution is 2.31. The van der Waals surface area contributed by atoms with Crippen LogP contribution in [0.3, 0.4) is 0 Å². The Labute approximate surface area is 127 Å². The fraction of sp³-hybridized carbons (Fsp3) is 0.0769. The van der Waals surface area contributed by atoms with Crippen molar-refractivity contribution in [3.05, 3.63) is 62.4 Å². The van der Waals surface area contributed by atoms with Gasteiger partial charge in [-0.05, 0) is 29.8 Å². The van der Waals surface area contributed by atoms with Crippen molar-refractivity contribution in [2.45, 2.75) is 10.6 Å². The average Bonchev–Trinajstić information content (AvgIpc) is 2.39. The summed E-state index contributed by atoms with van der Waals surface area (Å²) >= 11 is 4.75. The molecule has 0 aliphatic rings. The summed E-state index contributed by atoms with van der Waals surface area (Å²) in [6.45, 7) is 0. The Kier molecular flexibility index (Phi) is 4.61. The summed E-state index contributed by atoms with van der Waals surface area (Å²) < 4.78 is 14.2. The molecule has 0 fully saturated rings. The number of non-ortho nitro benzene ring substituents is 1. The van der Waals surface area contributed by atoms with Crippen molar-refractivity contribution >= 4 is 39.1 Å². The fourth-order valence-electron chi connectivity index (χ4n) is 1.62. The molecule has 0 aliphatic carbocycles. The van der Waals surface area contributed by atoms with Gasteiger partial charge in [0, 0.05) is 26.9 Å². The van der Waals surface area contributed by atoms with E-state index in [4.69, 9.17) is 5.73 Å². The highest BCUT2D eigenvalue weighted by Gasteiger charge is 2.10. The fourth-order valence-corrected chi connectivity index (χ4v) is 3.06. The van der Waals surface area contributed by atoms with Crippen LogP contribution in [0.25, 0.3) is 0 Å². The smallest absolute Gasteiger partial charge is 0.272 e. The van der Waals surface area contributed by atoms with Gasteiger partial charge in [0.2, 0.25) is 0 Å². The predicted molar refractivity (Wildman–Crippen MR) is 81.2 cm³/mol. The van der Waals surface area contributed by atoms with Gasteiger partial charge in [-0.2, -0.15) is 0 Å². The molecule has 0 saturated carbocycles. The van der Waals surface area contributed by atoms with E-state index in [1.165, 1.54) is 23.9 Å². The summed E-state index contributed by atoms with van der Waals surface area (Å²) in [6.07, 6.45) is 0. The Morgan fingerprint density at radius 3 is 2.75 bits per heavy atom. The van der Waals surface area contributed by atoms with Crippen LogP contribution in [0.15, 0.2) is 45.8 Å². The molecule has 0 unspecified atom stereocenters. The molecule has 0 atom stereocenters. The van der Waals surface area contributed by atoms with E-state index < -0.39 is 10.7 Å². The van der Waals surface area contributed by atoms with E-state index in [1.54, 1.807) is 6.07 Å². The Morgan fingerprint density at radius 2 is 2.05 bits per heavy atom. The van der Waals surface area contributed by atoms with Crippen LogP contribution in [0, 0.1) is 15.9 Å². The van der Waals surface area contributed by atoms with Crippen molar-refractivity contribution in [1.82, 2.24) is 0 Å². The molecule has 0 amide bonds. The van der Waals surface area contributed by atoms with Gasteiger partial charge in [0.25, 0.3) is 5.69 Å². The summed E-state index contributed by atoms with van der Waals surface area (Å²) in [5.74, 6) is -0.212. The highest BCUT2D eigenvalue weighted by molar-refractivity contribution is 9.10. The van der Waals surface area contributed by atoms with Crippen LogP contribution in [0.2, 0.25) is 0 Å². The van der Waals surface area contributed by atoms with Crippen molar-refractivity contribution in [1.29, 1.82) is 0 Å². The van der Waals surface area contributed by atoms with Crippen LogP contribution in [0.4, 0.5) is 15.8 Å². The minimum absolute atomic E-state index is 0.247. The molecule has 0 heterocycles. The summed E-state index contributed by atoms with van der Waals surface area (Å²) in [7, 11) is 0. The largest absolute Gasteiger partial charge is 0.398 e. The number of nitrogens with two attached hydrogens (primary N) is 1. The molecule has 0 aromatic heterocycles. The van der Waals surface area contributed by atoms with Gasteiger partial charge in [-0.15, -0.1) is 11.8 Å². The van der Waals surface area contributed by atoms with E-state index in [-0.39, 0.29) is 5.69 Å². The van der Waals surface area contributed by atoms with Crippen LogP contribution < -0.4 is 5.73 Å². The first-order valence-corrected chi connectivity index (χ1v) is 7.35. The first kappa shape index (κ1) is 14.8. The molecule has 0 aliphatic heterocycles. The lowest BCUT2D eigenvalue weighted by Gasteiger charge is -2.06. The SMILES string of the molecule is Nc1ccc(Br)cc1SCc1cc(F)cc([N+](=O)[O-])c1. The van der Waals surface area contributed by atoms with Crippen molar-refractivity contribution in [3.8, 4) is 0 Å². The van der Waals surface area contributed by atoms with Gasteiger partial charge < -0.3 is 5.73 Å². The van der Waals surface area contributed by atoms with Crippen LogP contribution in [0.1, 0.15) is 5.56 Å². The molecule has 2 aromatic carbocycles. The topological polar surface area (TPSA) is 69.2 Å². The van der Waals surface area contributed by atoms with Gasteiger partial charge in [0.05, 0.1) is 11.0 Å². The molecule has 2 N–H and O–H groups in total. The van der Waals surface area contributed by atoms with Gasteiger partial charge in [-0.1, -0.05) is 15.9 Å². The Hall–Kier alpha value is -1.60. The maximum absolute atomic E-state index is 13.3. The Bertz CT molecular complexity index is 667. The van der Waals surface area contributed by atoms with Crippen LogP contribution in [0.5, 0.6) is 0 Å². The van der Waals surface area contributed by atoms with Crippen LogP contribution in [-0.4, -0.2) is 4.92 Å². The molecule has 7 heteroatoms. The second-order valence-corrected chi connectivity index (χ2v) is 5.98. The van der Waals surface area contributed by atoms with Gasteiger partial charge in [0.1, 0.15) is 5.82 Å². The second-order valence-electron chi connectivity index (χ2n) is 4.05. The number of nitro benzene ring substituents is 1. The van der Waals surface area contributed by atoms with E-state index in [1.807, 2.05) is 12.1 Å². The first-order valence-electron chi connectivity index (χ1n) is 5.57. The lowest BCUT2D eigenvalue weighted by molar-refractivity contribution is -0.385. The van der Waals surface area contributed by atoms with Gasteiger partial charge >= 0.3 is 0 Å². The van der Waals surface area contributed by atoms with E-state index >= 15 is 0 Å². The van der Waals surface area contributed by atoms with Crippen LogP contribution in [-0.2, 0) is 5.75 Å². The third kappa shape index (κ3) is 3.71. The minimum Gasteiger partial charge on any atom is -0.398 e. The number of nitro groups is 1. The zero-order valence-corrected chi connectivity index (χ0v) is 12.6. The average molecular weight is 357 g/mol. The van der Waals surface area contributed by atoms with Gasteiger partial charge in [0.15, 0.2) is 0 Å². The zero-order chi connectivity index (χ0) is 14.7. The normalized spacial score (nSPS) is 10.5.